The molecule has 4 nitrogen and oxygen atoms in total. The number of amides is 1. The van der Waals surface area contributed by atoms with Gasteiger partial charge in [-0.3, -0.25) is 4.79 Å². The van der Waals surface area contributed by atoms with Crippen molar-refractivity contribution in [2.24, 2.45) is 0 Å². The Balaban J connectivity index is 1.87. The molecule has 0 bridgehead atoms. The van der Waals surface area contributed by atoms with Crippen LogP contribution >= 0.6 is 0 Å². The Morgan fingerprint density at radius 2 is 1.95 bits per heavy atom. The monoisotopic (exact) mass is 286 g/mol. The first-order valence-corrected chi connectivity index (χ1v) is 6.63. The third-order valence-electron chi connectivity index (χ3n) is 3.55. The van der Waals surface area contributed by atoms with Gasteiger partial charge < -0.3 is 15.4 Å². The van der Waals surface area contributed by atoms with E-state index in [9.17, 15) is 9.18 Å². The largest absolute Gasteiger partial charge is 0.478 e. The number of halogens is 1. The van der Waals surface area contributed by atoms with Crippen LogP contribution in [0.25, 0.3) is 0 Å². The SMILES string of the molecule is CN1C(=O)C(Cc2ccc(F)cc2)Oc2cc(N)ccc21. The van der Waals surface area contributed by atoms with Crippen molar-refractivity contribution in [3.8, 4) is 5.75 Å². The molecule has 0 saturated carbocycles. The van der Waals surface area contributed by atoms with Crippen molar-refractivity contribution < 1.29 is 13.9 Å². The number of hydrogen-bond acceptors (Lipinski definition) is 3. The molecule has 1 aliphatic rings. The molecule has 3 rings (SSSR count). The zero-order chi connectivity index (χ0) is 15.0. The highest BCUT2D eigenvalue weighted by molar-refractivity contribution is 6.00. The van der Waals surface area contributed by atoms with Gasteiger partial charge in [0, 0.05) is 25.2 Å². The fraction of sp³-hybridized carbons (Fsp3) is 0.188. The maximum absolute atomic E-state index is 12.9. The Hall–Kier alpha value is -2.56. The third kappa shape index (κ3) is 2.54. The second-order valence-corrected chi connectivity index (χ2v) is 5.06. The number of anilines is 2. The average molecular weight is 286 g/mol. The van der Waals surface area contributed by atoms with Crippen LogP contribution < -0.4 is 15.4 Å². The van der Waals surface area contributed by atoms with Gasteiger partial charge in [-0.1, -0.05) is 12.1 Å². The van der Waals surface area contributed by atoms with Gasteiger partial charge in [0.15, 0.2) is 6.10 Å². The number of carbonyl (C=O) groups is 1. The minimum Gasteiger partial charge on any atom is -0.478 e. The van der Waals surface area contributed by atoms with Crippen LogP contribution in [0.1, 0.15) is 5.56 Å². The number of rotatable bonds is 2. The van der Waals surface area contributed by atoms with E-state index in [1.165, 1.54) is 12.1 Å². The zero-order valence-corrected chi connectivity index (χ0v) is 11.5. The second kappa shape index (κ2) is 5.09. The molecule has 2 aromatic rings. The molecule has 0 spiro atoms. The van der Waals surface area contributed by atoms with Crippen LogP contribution in [-0.2, 0) is 11.2 Å². The maximum Gasteiger partial charge on any atom is 0.268 e. The molecule has 0 fully saturated rings. The topological polar surface area (TPSA) is 55.6 Å². The van der Waals surface area contributed by atoms with Crippen LogP contribution in [0.4, 0.5) is 15.8 Å². The van der Waals surface area contributed by atoms with Crippen LogP contribution in [0.5, 0.6) is 5.75 Å². The predicted octanol–water partition coefficient (Wildman–Crippen LogP) is 2.37. The summed E-state index contributed by atoms with van der Waals surface area (Å²) in [5.41, 5.74) is 7.87. The molecule has 2 N–H and O–H groups in total. The van der Waals surface area contributed by atoms with Gasteiger partial charge in [-0.05, 0) is 29.8 Å². The molecular weight excluding hydrogens is 271 g/mol. The van der Waals surface area contributed by atoms with Crippen molar-refractivity contribution in [1.29, 1.82) is 0 Å². The lowest BCUT2D eigenvalue weighted by molar-refractivity contribution is -0.125. The summed E-state index contributed by atoms with van der Waals surface area (Å²) in [7, 11) is 1.71. The average Bonchev–Trinajstić information content (AvgIpc) is 2.46. The molecule has 2 aromatic carbocycles. The normalized spacial score (nSPS) is 17.3. The number of likely N-dealkylation sites (N-methyl/N-ethyl adjacent to an activating group) is 1. The fourth-order valence-corrected chi connectivity index (χ4v) is 2.40. The predicted molar refractivity (Wildman–Crippen MR) is 78.8 cm³/mol. The third-order valence-corrected chi connectivity index (χ3v) is 3.55. The van der Waals surface area contributed by atoms with Gasteiger partial charge in [0.05, 0.1) is 5.69 Å². The van der Waals surface area contributed by atoms with Gasteiger partial charge in [-0.15, -0.1) is 0 Å². The molecule has 1 atom stereocenters. The summed E-state index contributed by atoms with van der Waals surface area (Å²) in [5, 5.41) is 0. The van der Waals surface area contributed by atoms with Gasteiger partial charge in [-0.2, -0.15) is 0 Å². The number of fused-ring (bicyclic) bond motifs is 1. The van der Waals surface area contributed by atoms with Gasteiger partial charge in [0.1, 0.15) is 11.6 Å². The lowest BCUT2D eigenvalue weighted by atomic mass is 10.0. The Kier molecular flexibility index (Phi) is 3.25. The van der Waals surface area contributed by atoms with Crippen LogP contribution in [0.2, 0.25) is 0 Å². The van der Waals surface area contributed by atoms with E-state index >= 15 is 0 Å². The highest BCUT2D eigenvalue weighted by Gasteiger charge is 2.32. The van der Waals surface area contributed by atoms with E-state index < -0.39 is 6.10 Å². The molecule has 0 radical (unpaired) electrons. The number of nitrogen functional groups attached to an aromatic ring is 1. The molecule has 0 aliphatic carbocycles. The van der Waals surface area contributed by atoms with Crippen LogP contribution in [-0.4, -0.2) is 19.1 Å². The molecule has 1 heterocycles. The lowest BCUT2D eigenvalue weighted by Crippen LogP contribution is -2.44. The number of hydrogen-bond donors (Lipinski definition) is 1. The van der Waals surface area contributed by atoms with E-state index in [1.54, 1.807) is 42.3 Å². The van der Waals surface area contributed by atoms with Crippen molar-refractivity contribution in [1.82, 2.24) is 0 Å². The van der Waals surface area contributed by atoms with E-state index in [2.05, 4.69) is 0 Å². The summed E-state index contributed by atoms with van der Waals surface area (Å²) < 4.78 is 18.7. The van der Waals surface area contributed by atoms with Crippen LogP contribution in [0.15, 0.2) is 42.5 Å². The van der Waals surface area contributed by atoms with E-state index in [0.717, 1.165) is 5.56 Å². The van der Waals surface area contributed by atoms with Crippen LogP contribution in [0.3, 0.4) is 0 Å². The van der Waals surface area contributed by atoms with Gasteiger partial charge >= 0.3 is 0 Å². The van der Waals surface area contributed by atoms with Gasteiger partial charge in [0.25, 0.3) is 5.91 Å². The van der Waals surface area contributed by atoms with E-state index in [0.29, 0.717) is 23.5 Å². The van der Waals surface area contributed by atoms with Crippen LogP contribution in [0, 0.1) is 5.82 Å². The minimum absolute atomic E-state index is 0.128. The quantitative estimate of drug-likeness (QED) is 0.862. The van der Waals surface area contributed by atoms with Crippen molar-refractivity contribution in [3.05, 3.63) is 53.8 Å². The van der Waals surface area contributed by atoms with E-state index in [-0.39, 0.29) is 11.7 Å². The van der Waals surface area contributed by atoms with E-state index in [4.69, 9.17) is 10.5 Å². The van der Waals surface area contributed by atoms with Crippen molar-refractivity contribution >= 4 is 17.3 Å². The molecule has 0 saturated heterocycles. The molecule has 108 valence electrons. The lowest BCUT2D eigenvalue weighted by Gasteiger charge is -2.32. The van der Waals surface area contributed by atoms with Crippen molar-refractivity contribution in [2.45, 2.75) is 12.5 Å². The number of nitrogens with zero attached hydrogens (tertiary/aromatic N) is 1. The Labute approximate surface area is 121 Å². The highest BCUT2D eigenvalue weighted by Crippen LogP contribution is 2.35. The number of carbonyl (C=O) groups excluding carboxylic acids is 1. The van der Waals surface area contributed by atoms with Gasteiger partial charge in [0.2, 0.25) is 0 Å². The second-order valence-electron chi connectivity index (χ2n) is 5.06. The summed E-state index contributed by atoms with van der Waals surface area (Å²) in [6.45, 7) is 0. The zero-order valence-electron chi connectivity index (χ0n) is 11.5. The smallest absolute Gasteiger partial charge is 0.268 e. The summed E-state index contributed by atoms with van der Waals surface area (Å²) in [5.74, 6) is 0.158. The van der Waals surface area contributed by atoms with E-state index in [1.807, 2.05) is 0 Å². The Morgan fingerprint density at radius 3 is 2.67 bits per heavy atom. The molecule has 5 heteroatoms. The summed E-state index contributed by atoms with van der Waals surface area (Å²) in [6, 6.07) is 11.2. The minimum atomic E-state index is -0.630. The molecule has 0 aromatic heterocycles. The van der Waals surface area contributed by atoms with Gasteiger partial charge in [-0.25, -0.2) is 4.39 Å². The molecule has 1 unspecified atom stereocenters. The van der Waals surface area contributed by atoms with Crippen molar-refractivity contribution in [2.75, 3.05) is 17.7 Å². The first-order chi connectivity index (χ1) is 10.0. The summed E-state index contributed by atoms with van der Waals surface area (Å²) >= 11 is 0. The fourth-order valence-electron chi connectivity index (χ4n) is 2.40. The molecule has 1 amide bonds. The number of nitrogens with two attached hydrogens (primary N) is 1. The number of ether oxygens (including phenoxy) is 1. The molecular formula is C16H15FN2O2. The molecule has 21 heavy (non-hydrogen) atoms. The Morgan fingerprint density at radius 1 is 1.24 bits per heavy atom. The molecule has 1 aliphatic heterocycles. The van der Waals surface area contributed by atoms with Crippen molar-refractivity contribution in [3.63, 3.8) is 0 Å². The maximum atomic E-state index is 12.9. The first kappa shape index (κ1) is 13.4. The summed E-state index contributed by atoms with van der Waals surface area (Å²) in [4.78, 5) is 13.9. The number of benzene rings is 2. The first-order valence-electron chi connectivity index (χ1n) is 6.63. The highest BCUT2D eigenvalue weighted by atomic mass is 19.1. The summed E-state index contributed by atoms with van der Waals surface area (Å²) in [6.07, 6.45) is -0.243. The Bertz CT molecular complexity index is 685. The standard InChI is InChI=1S/C16H15FN2O2/c1-19-13-7-6-12(18)9-14(13)21-15(16(19)20)8-10-2-4-11(17)5-3-10/h2-7,9,15H,8,18H2,1H3.